The first-order valence-electron chi connectivity index (χ1n) is 7.26. The minimum absolute atomic E-state index is 0.0292. The smallest absolute Gasteiger partial charge is 0.378 e. The van der Waals surface area contributed by atoms with E-state index in [2.05, 4.69) is 24.1 Å². The van der Waals surface area contributed by atoms with Crippen molar-refractivity contribution < 1.29 is 17.9 Å². The Kier molecular flexibility index (Phi) is 5.08. The molecule has 6 heteroatoms. The van der Waals surface area contributed by atoms with Gasteiger partial charge in [-0.05, 0) is 37.3 Å². The van der Waals surface area contributed by atoms with Gasteiger partial charge in [0.15, 0.2) is 0 Å². The normalized spacial score (nSPS) is 23.3. The highest BCUT2D eigenvalue weighted by atomic mass is 19.4. The summed E-state index contributed by atoms with van der Waals surface area (Å²) in [6, 6.07) is 2.33. The third-order valence-electron chi connectivity index (χ3n) is 3.56. The van der Waals surface area contributed by atoms with Crippen LogP contribution in [0.4, 0.5) is 19.0 Å². The maximum atomic E-state index is 12.9. The molecule has 0 aliphatic carbocycles. The Morgan fingerprint density at radius 2 is 2.19 bits per heavy atom. The predicted molar refractivity (Wildman–Crippen MR) is 75.1 cm³/mol. The average molecular weight is 302 g/mol. The van der Waals surface area contributed by atoms with Crippen molar-refractivity contribution in [2.75, 3.05) is 11.9 Å². The van der Waals surface area contributed by atoms with Gasteiger partial charge in [0.2, 0.25) is 0 Å². The van der Waals surface area contributed by atoms with Gasteiger partial charge in [0, 0.05) is 18.8 Å². The lowest BCUT2D eigenvalue weighted by Crippen LogP contribution is -2.35. The van der Waals surface area contributed by atoms with Crippen molar-refractivity contribution in [2.24, 2.45) is 5.92 Å². The highest BCUT2D eigenvalue weighted by molar-refractivity contribution is 5.46. The molecule has 1 aromatic heterocycles. The van der Waals surface area contributed by atoms with Gasteiger partial charge in [0.1, 0.15) is 5.82 Å². The summed E-state index contributed by atoms with van der Waals surface area (Å²) in [7, 11) is 0. The minimum atomic E-state index is -4.39. The first kappa shape index (κ1) is 16.1. The SMILES string of the molecule is CC(C)C[C@@H]1C[C@@H](Nc2ncccc2C(F)(F)F)CCO1. The van der Waals surface area contributed by atoms with E-state index in [0.29, 0.717) is 25.4 Å². The molecular weight excluding hydrogens is 281 g/mol. The minimum Gasteiger partial charge on any atom is -0.378 e. The molecule has 2 heterocycles. The summed E-state index contributed by atoms with van der Waals surface area (Å²) >= 11 is 0. The second-order valence-electron chi connectivity index (χ2n) is 5.89. The van der Waals surface area contributed by atoms with Gasteiger partial charge in [0.25, 0.3) is 0 Å². The zero-order chi connectivity index (χ0) is 15.5. The van der Waals surface area contributed by atoms with E-state index in [9.17, 15) is 13.2 Å². The van der Waals surface area contributed by atoms with Crippen LogP contribution in [0.3, 0.4) is 0 Å². The lowest BCUT2D eigenvalue weighted by Gasteiger charge is -2.31. The number of nitrogens with one attached hydrogen (secondary N) is 1. The van der Waals surface area contributed by atoms with Gasteiger partial charge in [-0.3, -0.25) is 0 Å². The summed E-state index contributed by atoms with van der Waals surface area (Å²) in [5, 5.41) is 2.95. The molecule has 1 aliphatic heterocycles. The molecule has 2 atom stereocenters. The lowest BCUT2D eigenvalue weighted by molar-refractivity contribution is -0.137. The Balaban J connectivity index is 2.05. The van der Waals surface area contributed by atoms with E-state index < -0.39 is 11.7 Å². The molecule has 1 aromatic rings. The lowest BCUT2D eigenvalue weighted by atomic mass is 9.96. The van der Waals surface area contributed by atoms with Crippen molar-refractivity contribution >= 4 is 5.82 Å². The van der Waals surface area contributed by atoms with Crippen LogP contribution in [0.15, 0.2) is 18.3 Å². The van der Waals surface area contributed by atoms with Crippen molar-refractivity contribution in [1.82, 2.24) is 4.98 Å². The molecule has 0 bridgehead atoms. The number of alkyl halides is 3. The molecule has 2 rings (SSSR count). The number of ether oxygens (including phenoxy) is 1. The van der Waals surface area contributed by atoms with Crippen molar-refractivity contribution in [3.05, 3.63) is 23.9 Å². The zero-order valence-electron chi connectivity index (χ0n) is 12.3. The third-order valence-corrected chi connectivity index (χ3v) is 3.56. The van der Waals surface area contributed by atoms with Crippen molar-refractivity contribution in [3.8, 4) is 0 Å². The fraction of sp³-hybridized carbons (Fsp3) is 0.667. The second kappa shape index (κ2) is 6.64. The summed E-state index contributed by atoms with van der Waals surface area (Å²) in [6.45, 7) is 4.80. The predicted octanol–water partition coefficient (Wildman–Crippen LogP) is 4.11. The highest BCUT2D eigenvalue weighted by Gasteiger charge is 2.35. The van der Waals surface area contributed by atoms with Gasteiger partial charge in [-0.1, -0.05) is 13.8 Å². The van der Waals surface area contributed by atoms with Crippen molar-refractivity contribution in [3.63, 3.8) is 0 Å². The topological polar surface area (TPSA) is 34.2 Å². The van der Waals surface area contributed by atoms with Crippen molar-refractivity contribution in [2.45, 2.75) is 51.4 Å². The van der Waals surface area contributed by atoms with E-state index in [1.54, 1.807) is 0 Å². The molecule has 1 N–H and O–H groups in total. The summed E-state index contributed by atoms with van der Waals surface area (Å²) in [5.74, 6) is 0.425. The van der Waals surface area contributed by atoms with Crippen molar-refractivity contribution in [1.29, 1.82) is 0 Å². The van der Waals surface area contributed by atoms with E-state index in [0.717, 1.165) is 12.5 Å². The Hall–Kier alpha value is -1.30. The first-order chi connectivity index (χ1) is 9.86. The fourth-order valence-electron chi connectivity index (χ4n) is 2.64. The molecule has 118 valence electrons. The quantitative estimate of drug-likeness (QED) is 0.909. The number of aromatic nitrogens is 1. The van der Waals surface area contributed by atoms with E-state index in [1.165, 1.54) is 12.3 Å². The van der Waals surface area contributed by atoms with Crippen LogP contribution in [0.2, 0.25) is 0 Å². The molecule has 0 aromatic carbocycles. The first-order valence-corrected chi connectivity index (χ1v) is 7.26. The Labute approximate surface area is 122 Å². The zero-order valence-corrected chi connectivity index (χ0v) is 12.3. The largest absolute Gasteiger partial charge is 0.419 e. The van der Waals surface area contributed by atoms with E-state index in [-0.39, 0.29) is 18.0 Å². The summed E-state index contributed by atoms with van der Waals surface area (Å²) < 4.78 is 44.5. The van der Waals surface area contributed by atoms with Gasteiger partial charge in [0.05, 0.1) is 11.7 Å². The molecule has 0 radical (unpaired) electrons. The molecule has 21 heavy (non-hydrogen) atoms. The number of hydrogen-bond acceptors (Lipinski definition) is 3. The van der Waals surface area contributed by atoms with Crippen LogP contribution in [0.25, 0.3) is 0 Å². The molecule has 1 aliphatic rings. The maximum Gasteiger partial charge on any atom is 0.419 e. The van der Waals surface area contributed by atoms with E-state index in [4.69, 9.17) is 4.74 Å². The molecule has 1 fully saturated rings. The molecule has 0 saturated carbocycles. The van der Waals surface area contributed by atoms with Crippen LogP contribution in [0, 0.1) is 5.92 Å². The van der Waals surface area contributed by atoms with Gasteiger partial charge in [-0.15, -0.1) is 0 Å². The Morgan fingerprint density at radius 1 is 1.43 bits per heavy atom. The average Bonchev–Trinajstić information content (AvgIpc) is 2.37. The molecular formula is C15H21F3N2O. The molecule has 0 unspecified atom stereocenters. The third kappa shape index (κ3) is 4.59. The van der Waals surface area contributed by atoms with Gasteiger partial charge < -0.3 is 10.1 Å². The number of hydrogen-bond donors (Lipinski definition) is 1. The van der Waals surface area contributed by atoms with E-state index >= 15 is 0 Å². The van der Waals surface area contributed by atoms with Gasteiger partial charge in [-0.2, -0.15) is 13.2 Å². The van der Waals surface area contributed by atoms with Crippen LogP contribution in [0.1, 0.15) is 38.7 Å². The second-order valence-corrected chi connectivity index (χ2v) is 5.89. The molecule has 1 saturated heterocycles. The summed E-state index contributed by atoms with van der Waals surface area (Å²) in [4.78, 5) is 3.85. The molecule has 0 amide bonds. The maximum absolute atomic E-state index is 12.9. The number of halogens is 3. The van der Waals surface area contributed by atoms with Crippen LogP contribution in [0.5, 0.6) is 0 Å². The standard InChI is InChI=1S/C15H21F3N2O/c1-10(2)8-12-9-11(5-7-21-12)20-14-13(15(16,17)18)4-3-6-19-14/h3-4,6,10-12H,5,7-9H2,1-2H3,(H,19,20)/t11-,12+/m0/s1. The Bertz CT molecular complexity index is 462. The van der Waals surface area contributed by atoms with Gasteiger partial charge >= 0.3 is 6.18 Å². The summed E-state index contributed by atoms with van der Waals surface area (Å²) in [5.41, 5.74) is -0.711. The fourth-order valence-corrected chi connectivity index (χ4v) is 2.64. The molecule has 3 nitrogen and oxygen atoms in total. The van der Waals surface area contributed by atoms with E-state index in [1.807, 2.05) is 0 Å². The van der Waals surface area contributed by atoms with Crippen LogP contribution < -0.4 is 5.32 Å². The highest BCUT2D eigenvalue weighted by Crippen LogP contribution is 2.34. The number of rotatable bonds is 4. The number of nitrogens with zero attached hydrogens (tertiary/aromatic N) is 1. The van der Waals surface area contributed by atoms with Crippen LogP contribution in [-0.4, -0.2) is 23.7 Å². The number of anilines is 1. The monoisotopic (exact) mass is 302 g/mol. The van der Waals surface area contributed by atoms with Gasteiger partial charge in [-0.25, -0.2) is 4.98 Å². The Morgan fingerprint density at radius 3 is 2.86 bits per heavy atom. The summed E-state index contributed by atoms with van der Waals surface area (Å²) in [6.07, 6.45) is -0.572. The van der Waals surface area contributed by atoms with Crippen LogP contribution in [-0.2, 0) is 10.9 Å². The molecule has 0 spiro atoms. The van der Waals surface area contributed by atoms with Crippen LogP contribution >= 0.6 is 0 Å². The number of pyridine rings is 1.